The summed E-state index contributed by atoms with van der Waals surface area (Å²) in [4.78, 5) is 0. The Morgan fingerprint density at radius 3 is 2.12 bits per heavy atom. The molecule has 0 spiro atoms. The first kappa shape index (κ1) is 12.0. The monoisotopic (exact) mass is 235 g/mol. The number of rotatable bonds is 3. The lowest BCUT2D eigenvalue weighted by Gasteiger charge is -2.64. The number of hydrogen-bond donors (Lipinski definition) is 1. The van der Waals surface area contributed by atoms with Crippen molar-refractivity contribution in [3.05, 3.63) is 0 Å². The molecule has 0 heterocycles. The van der Waals surface area contributed by atoms with Crippen LogP contribution in [0.25, 0.3) is 0 Å². The zero-order valence-corrected chi connectivity index (χ0v) is 11.8. The van der Waals surface area contributed by atoms with Crippen molar-refractivity contribution in [1.29, 1.82) is 0 Å². The molecule has 3 unspecified atom stereocenters. The Balaban J connectivity index is 1.89. The van der Waals surface area contributed by atoms with E-state index in [2.05, 4.69) is 20.8 Å². The van der Waals surface area contributed by atoms with E-state index in [4.69, 9.17) is 5.73 Å². The second kappa shape index (κ2) is 3.73. The summed E-state index contributed by atoms with van der Waals surface area (Å²) in [6.45, 7) is 7.14. The van der Waals surface area contributed by atoms with E-state index in [1.807, 2.05) is 0 Å². The first-order chi connectivity index (χ1) is 7.93. The fourth-order valence-corrected chi connectivity index (χ4v) is 6.12. The molecule has 0 amide bonds. The maximum atomic E-state index is 6.13. The van der Waals surface area contributed by atoms with Crippen LogP contribution in [-0.4, -0.2) is 6.04 Å². The molecule has 0 aromatic carbocycles. The van der Waals surface area contributed by atoms with Crippen LogP contribution >= 0.6 is 0 Å². The molecular formula is C16H29N. The molecule has 4 aliphatic carbocycles. The van der Waals surface area contributed by atoms with E-state index < -0.39 is 0 Å². The van der Waals surface area contributed by atoms with Gasteiger partial charge >= 0.3 is 0 Å². The van der Waals surface area contributed by atoms with Gasteiger partial charge in [0.2, 0.25) is 0 Å². The Bertz CT molecular complexity index is 285. The zero-order valence-electron chi connectivity index (χ0n) is 11.8. The van der Waals surface area contributed by atoms with Gasteiger partial charge in [-0.05, 0) is 80.5 Å². The van der Waals surface area contributed by atoms with Crippen LogP contribution in [-0.2, 0) is 0 Å². The highest BCUT2D eigenvalue weighted by molar-refractivity contribution is 5.08. The highest BCUT2D eigenvalue weighted by atomic mass is 14.7. The quantitative estimate of drug-likeness (QED) is 0.787. The maximum Gasteiger partial charge on any atom is 0.00157 e. The van der Waals surface area contributed by atoms with Gasteiger partial charge in [-0.1, -0.05) is 13.8 Å². The lowest BCUT2D eigenvalue weighted by Crippen LogP contribution is -2.54. The minimum absolute atomic E-state index is 0.399. The normalized spacial score (nSPS) is 49.9. The lowest BCUT2D eigenvalue weighted by molar-refractivity contribution is -0.135. The van der Waals surface area contributed by atoms with Gasteiger partial charge in [0, 0.05) is 6.04 Å². The van der Waals surface area contributed by atoms with E-state index in [9.17, 15) is 0 Å². The molecule has 0 radical (unpaired) electrons. The van der Waals surface area contributed by atoms with Crippen molar-refractivity contribution in [2.24, 2.45) is 34.3 Å². The standard InChI is InChI=1S/C16H29N/c1-11(2)16-8-13-4-14(9-16)7-15(6-13,10-16)5-12(3)17/h11-14H,4-10,17H2,1-3H3. The minimum Gasteiger partial charge on any atom is -0.328 e. The van der Waals surface area contributed by atoms with E-state index >= 15 is 0 Å². The Morgan fingerprint density at radius 2 is 1.65 bits per heavy atom. The van der Waals surface area contributed by atoms with Gasteiger partial charge < -0.3 is 5.73 Å². The highest BCUT2D eigenvalue weighted by Gasteiger charge is 2.58. The molecule has 4 aliphatic rings. The van der Waals surface area contributed by atoms with Crippen molar-refractivity contribution < 1.29 is 0 Å². The molecule has 0 saturated heterocycles. The average molecular weight is 235 g/mol. The van der Waals surface area contributed by atoms with E-state index in [1.165, 1.54) is 44.9 Å². The fraction of sp³-hybridized carbons (Fsp3) is 1.00. The number of nitrogens with two attached hydrogens (primary N) is 1. The van der Waals surface area contributed by atoms with Crippen molar-refractivity contribution in [3.63, 3.8) is 0 Å². The van der Waals surface area contributed by atoms with Crippen LogP contribution in [0.4, 0.5) is 0 Å². The third kappa shape index (κ3) is 1.85. The third-order valence-electron chi connectivity index (χ3n) is 6.21. The average Bonchev–Trinajstić information content (AvgIpc) is 2.12. The molecule has 4 fully saturated rings. The molecular weight excluding hydrogens is 206 g/mol. The molecule has 4 bridgehead atoms. The summed E-state index contributed by atoms with van der Waals surface area (Å²) in [5.41, 5.74) is 7.47. The summed E-state index contributed by atoms with van der Waals surface area (Å²) in [6.07, 6.45) is 10.4. The molecule has 3 atom stereocenters. The fourth-order valence-electron chi connectivity index (χ4n) is 6.12. The zero-order chi connectivity index (χ0) is 12.3. The van der Waals surface area contributed by atoms with Crippen molar-refractivity contribution in [2.45, 2.75) is 71.8 Å². The second-order valence-electron chi connectivity index (χ2n) is 8.16. The van der Waals surface area contributed by atoms with Gasteiger partial charge in [-0.3, -0.25) is 0 Å². The Kier molecular flexibility index (Phi) is 2.63. The molecule has 2 N–H and O–H groups in total. The molecule has 1 heteroatoms. The van der Waals surface area contributed by atoms with E-state index in [0.29, 0.717) is 16.9 Å². The molecule has 98 valence electrons. The Hall–Kier alpha value is -0.0400. The van der Waals surface area contributed by atoms with Crippen molar-refractivity contribution in [3.8, 4) is 0 Å². The summed E-state index contributed by atoms with van der Waals surface area (Å²) in [7, 11) is 0. The van der Waals surface area contributed by atoms with Gasteiger partial charge in [0.15, 0.2) is 0 Å². The summed E-state index contributed by atoms with van der Waals surface area (Å²) in [5, 5.41) is 0. The van der Waals surface area contributed by atoms with Crippen LogP contribution in [0.1, 0.15) is 65.7 Å². The summed E-state index contributed by atoms with van der Waals surface area (Å²) < 4.78 is 0. The van der Waals surface area contributed by atoms with Crippen LogP contribution in [0.2, 0.25) is 0 Å². The topological polar surface area (TPSA) is 26.0 Å². The van der Waals surface area contributed by atoms with Gasteiger partial charge in [-0.15, -0.1) is 0 Å². The van der Waals surface area contributed by atoms with Gasteiger partial charge in [0.25, 0.3) is 0 Å². The summed E-state index contributed by atoms with van der Waals surface area (Å²) in [5.74, 6) is 2.95. The summed E-state index contributed by atoms with van der Waals surface area (Å²) >= 11 is 0. The van der Waals surface area contributed by atoms with Gasteiger partial charge in [-0.2, -0.15) is 0 Å². The van der Waals surface area contributed by atoms with E-state index in [1.54, 1.807) is 0 Å². The molecule has 4 saturated carbocycles. The van der Waals surface area contributed by atoms with Crippen molar-refractivity contribution in [2.75, 3.05) is 0 Å². The molecule has 0 aliphatic heterocycles. The summed E-state index contributed by atoms with van der Waals surface area (Å²) in [6, 6.07) is 0.399. The van der Waals surface area contributed by atoms with Crippen LogP contribution < -0.4 is 5.73 Å². The van der Waals surface area contributed by atoms with Crippen LogP contribution in [0.15, 0.2) is 0 Å². The van der Waals surface area contributed by atoms with Gasteiger partial charge in [-0.25, -0.2) is 0 Å². The smallest absolute Gasteiger partial charge is 0.00157 e. The van der Waals surface area contributed by atoms with Crippen LogP contribution in [0, 0.1) is 28.6 Å². The second-order valence-corrected chi connectivity index (χ2v) is 8.16. The van der Waals surface area contributed by atoms with Gasteiger partial charge in [0.05, 0.1) is 0 Å². The largest absolute Gasteiger partial charge is 0.328 e. The lowest BCUT2D eigenvalue weighted by atomic mass is 9.41. The molecule has 1 nitrogen and oxygen atoms in total. The predicted octanol–water partition coefficient (Wildman–Crippen LogP) is 3.97. The minimum atomic E-state index is 0.399. The first-order valence-electron chi connectivity index (χ1n) is 7.69. The highest BCUT2D eigenvalue weighted by Crippen LogP contribution is 2.68. The molecule has 4 rings (SSSR count). The SMILES string of the molecule is CC(N)CC12CC3CC(C1)CC(C(C)C)(C3)C2. The maximum absolute atomic E-state index is 6.13. The van der Waals surface area contributed by atoms with E-state index in [-0.39, 0.29) is 0 Å². The molecule has 0 aromatic rings. The van der Waals surface area contributed by atoms with Crippen molar-refractivity contribution in [1.82, 2.24) is 0 Å². The molecule has 0 aromatic heterocycles. The third-order valence-corrected chi connectivity index (χ3v) is 6.21. The Morgan fingerprint density at radius 1 is 1.06 bits per heavy atom. The van der Waals surface area contributed by atoms with Crippen molar-refractivity contribution >= 4 is 0 Å². The van der Waals surface area contributed by atoms with Crippen LogP contribution in [0.5, 0.6) is 0 Å². The van der Waals surface area contributed by atoms with Crippen LogP contribution in [0.3, 0.4) is 0 Å². The molecule has 17 heavy (non-hydrogen) atoms. The first-order valence-corrected chi connectivity index (χ1v) is 7.69. The Labute approximate surface area is 107 Å². The van der Waals surface area contributed by atoms with Gasteiger partial charge in [0.1, 0.15) is 0 Å². The predicted molar refractivity (Wildman–Crippen MR) is 72.7 cm³/mol. The van der Waals surface area contributed by atoms with E-state index in [0.717, 1.165) is 17.8 Å². The number of hydrogen-bond acceptors (Lipinski definition) is 1.